The zero-order valence-corrected chi connectivity index (χ0v) is 22.1. The molecule has 0 aromatic heterocycles. The number of carboxylic acid groups (broad SMARTS) is 2. The highest BCUT2D eigenvalue weighted by Gasteiger charge is 2.31. The molecule has 1 aromatic rings. The zero-order chi connectivity index (χ0) is 31.1. The Labute approximate surface area is 234 Å². The molecule has 1 aromatic carbocycles. The first-order valence-corrected chi connectivity index (χ1v) is 12.4. The van der Waals surface area contributed by atoms with Crippen molar-refractivity contribution in [1.29, 1.82) is 0 Å². The number of aromatic hydroxyl groups is 1. The van der Waals surface area contributed by atoms with Gasteiger partial charge in [-0.05, 0) is 37.0 Å². The number of amides is 4. The standard InChI is InChI=1S/C24H36N8O9/c25-14(11-18(26)34)20(37)30-15(2-1-9-29-24(27)28)21(38)31-16(7-8-19(35)36)22(39)32-17(23(40)41)10-12-3-5-13(33)6-4-12/h3-6,14-17,33H,1-2,7-11,25H2,(H2,26,34)(H,30,37)(H,31,38)(H,32,39)(H,35,36)(H,40,41)(H4,27,28,29). The number of phenols is 1. The molecule has 17 nitrogen and oxygen atoms in total. The number of rotatable bonds is 18. The first kappa shape index (κ1) is 34.1. The summed E-state index contributed by atoms with van der Waals surface area (Å²) in [5.74, 6) is -6.57. The molecule has 14 N–H and O–H groups in total. The maximum Gasteiger partial charge on any atom is 0.326 e. The van der Waals surface area contributed by atoms with Crippen LogP contribution in [0.25, 0.3) is 0 Å². The summed E-state index contributed by atoms with van der Waals surface area (Å²) in [6, 6.07) is -0.0637. The van der Waals surface area contributed by atoms with Crippen molar-refractivity contribution < 1.29 is 44.1 Å². The number of guanidine groups is 1. The van der Waals surface area contributed by atoms with Gasteiger partial charge in [0, 0.05) is 19.4 Å². The third-order valence-electron chi connectivity index (χ3n) is 5.61. The Hall–Kier alpha value is -4.93. The molecule has 4 atom stereocenters. The van der Waals surface area contributed by atoms with Crippen LogP contribution < -0.4 is 38.9 Å². The summed E-state index contributed by atoms with van der Waals surface area (Å²) in [6.45, 7) is 0.0792. The number of primary amides is 1. The fourth-order valence-corrected chi connectivity index (χ4v) is 3.51. The van der Waals surface area contributed by atoms with E-state index >= 15 is 0 Å². The molecule has 0 fully saturated rings. The molecule has 4 amide bonds. The number of hydrogen-bond acceptors (Lipinski definition) is 9. The maximum atomic E-state index is 13.1. The molecular formula is C24H36N8O9. The van der Waals surface area contributed by atoms with Crippen molar-refractivity contribution in [2.45, 2.75) is 62.7 Å². The van der Waals surface area contributed by atoms with E-state index in [0.717, 1.165) is 0 Å². The van der Waals surface area contributed by atoms with Gasteiger partial charge in [0.25, 0.3) is 0 Å². The van der Waals surface area contributed by atoms with Crippen molar-refractivity contribution in [3.05, 3.63) is 29.8 Å². The van der Waals surface area contributed by atoms with Gasteiger partial charge >= 0.3 is 11.9 Å². The molecular weight excluding hydrogens is 544 g/mol. The average molecular weight is 581 g/mol. The van der Waals surface area contributed by atoms with Crippen LogP contribution in [0.5, 0.6) is 5.75 Å². The van der Waals surface area contributed by atoms with Crippen molar-refractivity contribution in [2.75, 3.05) is 6.54 Å². The number of carboxylic acids is 2. The minimum Gasteiger partial charge on any atom is -0.508 e. The summed E-state index contributed by atoms with van der Waals surface area (Å²) in [5.41, 5.74) is 21.7. The van der Waals surface area contributed by atoms with Crippen LogP contribution >= 0.6 is 0 Å². The van der Waals surface area contributed by atoms with Gasteiger partial charge in [-0.3, -0.25) is 29.0 Å². The Kier molecular flexibility index (Phi) is 14.1. The molecule has 0 saturated heterocycles. The molecule has 0 spiro atoms. The molecule has 41 heavy (non-hydrogen) atoms. The first-order chi connectivity index (χ1) is 19.2. The number of nitrogens with two attached hydrogens (primary N) is 4. The van der Waals surface area contributed by atoms with Gasteiger partial charge in [0.15, 0.2) is 5.96 Å². The van der Waals surface area contributed by atoms with Crippen molar-refractivity contribution in [1.82, 2.24) is 16.0 Å². The lowest BCUT2D eigenvalue weighted by Crippen LogP contribution is -2.57. The van der Waals surface area contributed by atoms with Gasteiger partial charge in [-0.15, -0.1) is 0 Å². The van der Waals surface area contributed by atoms with Crippen molar-refractivity contribution in [3.8, 4) is 5.75 Å². The lowest BCUT2D eigenvalue weighted by atomic mass is 10.0. The third kappa shape index (κ3) is 13.6. The van der Waals surface area contributed by atoms with Gasteiger partial charge in [-0.25, -0.2) is 4.79 Å². The zero-order valence-electron chi connectivity index (χ0n) is 22.1. The molecule has 17 heteroatoms. The smallest absolute Gasteiger partial charge is 0.326 e. The molecule has 0 aliphatic heterocycles. The van der Waals surface area contributed by atoms with Crippen molar-refractivity contribution >= 4 is 41.5 Å². The maximum absolute atomic E-state index is 13.1. The molecule has 4 unspecified atom stereocenters. The summed E-state index contributed by atoms with van der Waals surface area (Å²) in [7, 11) is 0. The normalized spacial score (nSPS) is 13.5. The Balaban J connectivity index is 3.10. The van der Waals surface area contributed by atoms with Crippen LogP contribution in [0.1, 0.15) is 37.7 Å². The van der Waals surface area contributed by atoms with Gasteiger partial charge < -0.3 is 54.2 Å². The summed E-state index contributed by atoms with van der Waals surface area (Å²) in [6.07, 6.45) is -1.52. The molecule has 0 saturated carbocycles. The number of nitrogens with one attached hydrogen (secondary N) is 3. The number of benzene rings is 1. The second kappa shape index (κ2) is 16.9. The molecule has 1 rings (SSSR count). The number of carbonyl (C=O) groups excluding carboxylic acids is 4. The third-order valence-corrected chi connectivity index (χ3v) is 5.61. The SMILES string of the molecule is NC(=O)CC(N)C(=O)NC(CCCN=C(N)N)C(=O)NC(CCC(=O)O)C(=O)NC(Cc1ccc(O)cc1)C(=O)O. The summed E-state index contributed by atoms with van der Waals surface area (Å²) < 4.78 is 0. The monoisotopic (exact) mass is 580 g/mol. The van der Waals surface area contributed by atoms with E-state index in [1.165, 1.54) is 24.3 Å². The van der Waals surface area contributed by atoms with E-state index in [1.54, 1.807) is 0 Å². The van der Waals surface area contributed by atoms with Crippen LogP contribution in [0, 0.1) is 0 Å². The molecule has 0 aliphatic carbocycles. The predicted octanol–water partition coefficient (Wildman–Crippen LogP) is -3.41. The highest BCUT2D eigenvalue weighted by atomic mass is 16.4. The predicted molar refractivity (Wildman–Crippen MR) is 144 cm³/mol. The van der Waals surface area contributed by atoms with Crippen LogP contribution in [-0.4, -0.2) is 87.6 Å². The van der Waals surface area contributed by atoms with Gasteiger partial charge in [-0.2, -0.15) is 0 Å². The van der Waals surface area contributed by atoms with E-state index in [2.05, 4.69) is 20.9 Å². The van der Waals surface area contributed by atoms with Crippen LogP contribution in [-0.2, 0) is 35.2 Å². The Morgan fingerprint density at radius 3 is 1.85 bits per heavy atom. The second-order valence-corrected chi connectivity index (χ2v) is 9.05. The Bertz CT molecular complexity index is 1120. The number of aliphatic carboxylic acids is 2. The summed E-state index contributed by atoms with van der Waals surface area (Å²) >= 11 is 0. The van der Waals surface area contributed by atoms with E-state index in [4.69, 9.17) is 28.0 Å². The largest absolute Gasteiger partial charge is 0.508 e. The van der Waals surface area contributed by atoms with E-state index in [1.807, 2.05) is 0 Å². The van der Waals surface area contributed by atoms with Crippen molar-refractivity contribution in [2.24, 2.45) is 27.9 Å². The van der Waals surface area contributed by atoms with Gasteiger partial charge in [-0.1, -0.05) is 12.1 Å². The fraction of sp³-hybridized carbons (Fsp3) is 0.458. The fourth-order valence-electron chi connectivity index (χ4n) is 3.51. The molecule has 0 aliphatic rings. The topological polar surface area (TPSA) is 316 Å². The number of carbonyl (C=O) groups is 6. The number of nitrogens with zero attached hydrogens (tertiary/aromatic N) is 1. The highest BCUT2D eigenvalue weighted by molar-refractivity contribution is 5.95. The van der Waals surface area contributed by atoms with Crippen LogP contribution in [0.2, 0.25) is 0 Å². The van der Waals surface area contributed by atoms with Crippen molar-refractivity contribution in [3.63, 3.8) is 0 Å². The van der Waals surface area contributed by atoms with Crippen LogP contribution in [0.15, 0.2) is 29.3 Å². The van der Waals surface area contributed by atoms with Gasteiger partial charge in [0.1, 0.15) is 23.9 Å². The van der Waals surface area contributed by atoms with E-state index in [-0.39, 0.29) is 37.5 Å². The number of hydrogen-bond donors (Lipinski definition) is 10. The Morgan fingerprint density at radius 1 is 0.805 bits per heavy atom. The van der Waals surface area contributed by atoms with E-state index < -0.39 is 79.0 Å². The van der Waals surface area contributed by atoms with Gasteiger partial charge in [0.2, 0.25) is 23.6 Å². The average Bonchev–Trinajstić information content (AvgIpc) is 2.87. The first-order valence-electron chi connectivity index (χ1n) is 12.4. The van der Waals surface area contributed by atoms with E-state index in [0.29, 0.717) is 5.56 Å². The molecule has 0 heterocycles. The Morgan fingerprint density at radius 2 is 1.34 bits per heavy atom. The number of aliphatic imine (C=N–C) groups is 1. The lowest BCUT2D eigenvalue weighted by molar-refractivity contribution is -0.143. The molecule has 0 radical (unpaired) electrons. The highest BCUT2D eigenvalue weighted by Crippen LogP contribution is 2.12. The van der Waals surface area contributed by atoms with Crippen LogP contribution in [0.4, 0.5) is 0 Å². The van der Waals surface area contributed by atoms with E-state index in [9.17, 15) is 39.0 Å². The lowest BCUT2D eigenvalue weighted by Gasteiger charge is -2.25. The quantitative estimate of drug-likeness (QED) is 0.0461. The van der Waals surface area contributed by atoms with Crippen LogP contribution in [0.3, 0.4) is 0 Å². The van der Waals surface area contributed by atoms with Gasteiger partial charge in [0.05, 0.1) is 12.5 Å². The molecule has 0 bridgehead atoms. The number of phenolic OH excluding ortho intramolecular Hbond substituents is 1. The minimum absolute atomic E-state index is 0.0448. The second-order valence-electron chi connectivity index (χ2n) is 9.05. The summed E-state index contributed by atoms with van der Waals surface area (Å²) in [4.78, 5) is 76.5. The summed E-state index contributed by atoms with van der Waals surface area (Å²) in [5, 5.41) is 35.1. The molecule has 226 valence electrons. The minimum atomic E-state index is -1.50.